The van der Waals surface area contributed by atoms with Crippen molar-refractivity contribution in [2.75, 3.05) is 57.3 Å². The number of aromatic nitrogens is 2. The number of halogens is 1. The summed E-state index contributed by atoms with van der Waals surface area (Å²) in [7, 11) is 0. The topological polar surface area (TPSA) is 35.5 Å². The first-order chi connectivity index (χ1) is 10.7. The summed E-state index contributed by atoms with van der Waals surface area (Å²) in [4.78, 5) is 7.58. The highest BCUT2D eigenvalue weighted by Crippen LogP contribution is 2.20. The molecule has 0 spiro atoms. The van der Waals surface area contributed by atoms with Gasteiger partial charge in [0.2, 0.25) is 0 Å². The molecule has 0 aliphatic carbocycles. The van der Waals surface area contributed by atoms with E-state index in [2.05, 4.69) is 60.5 Å². The van der Waals surface area contributed by atoms with Crippen molar-refractivity contribution >= 4 is 28.4 Å². The molecule has 1 aromatic heterocycles. The number of hydrogen-bond acceptors (Lipinski definition) is 5. The average Bonchev–Trinajstić information content (AvgIpc) is 2.57. The zero-order valence-corrected chi connectivity index (χ0v) is 15.6. The number of anilines is 1. The predicted molar refractivity (Wildman–Crippen MR) is 98.2 cm³/mol. The van der Waals surface area contributed by atoms with Crippen molar-refractivity contribution in [2.45, 2.75) is 19.8 Å². The Bertz CT molecular complexity index is 450. The number of piperazine rings is 1. The van der Waals surface area contributed by atoms with Crippen LogP contribution in [0.1, 0.15) is 19.8 Å². The molecule has 122 valence electrons. The average molecular weight is 415 g/mol. The summed E-state index contributed by atoms with van der Waals surface area (Å²) >= 11 is 2.20. The molecule has 22 heavy (non-hydrogen) atoms. The SMILES string of the molecule is CCN1CCC(CN2CCN(c3ccc(I)nn3)CC2)CC1. The second-order valence-corrected chi connectivity index (χ2v) is 7.48. The van der Waals surface area contributed by atoms with Crippen LogP contribution in [-0.4, -0.2) is 72.4 Å². The highest BCUT2D eigenvalue weighted by Gasteiger charge is 2.23. The molecule has 2 saturated heterocycles. The van der Waals surface area contributed by atoms with Crippen molar-refractivity contribution in [1.29, 1.82) is 0 Å². The number of likely N-dealkylation sites (tertiary alicyclic amines) is 1. The van der Waals surface area contributed by atoms with Gasteiger partial charge in [0.1, 0.15) is 3.70 Å². The fourth-order valence-corrected chi connectivity index (χ4v) is 3.78. The standard InChI is InChI=1S/C16H26IN5/c1-2-20-7-5-14(6-8-20)13-21-9-11-22(12-10-21)16-4-3-15(17)18-19-16/h3-4,14H,2,5-13H2,1H3. The molecule has 0 amide bonds. The van der Waals surface area contributed by atoms with Crippen molar-refractivity contribution < 1.29 is 0 Å². The Balaban J connectivity index is 1.43. The van der Waals surface area contributed by atoms with Crippen LogP contribution in [-0.2, 0) is 0 Å². The summed E-state index contributed by atoms with van der Waals surface area (Å²) in [6.45, 7) is 11.8. The van der Waals surface area contributed by atoms with Gasteiger partial charge >= 0.3 is 0 Å². The molecule has 2 fully saturated rings. The molecular formula is C16H26IN5. The van der Waals surface area contributed by atoms with E-state index in [0.717, 1.165) is 41.6 Å². The van der Waals surface area contributed by atoms with E-state index >= 15 is 0 Å². The summed E-state index contributed by atoms with van der Waals surface area (Å²) in [5, 5.41) is 8.46. The maximum Gasteiger partial charge on any atom is 0.151 e. The number of piperidine rings is 1. The lowest BCUT2D eigenvalue weighted by molar-refractivity contribution is 0.143. The highest BCUT2D eigenvalue weighted by molar-refractivity contribution is 14.1. The number of hydrogen-bond donors (Lipinski definition) is 0. The molecule has 6 heteroatoms. The molecule has 0 bridgehead atoms. The summed E-state index contributed by atoms with van der Waals surface area (Å²) in [6.07, 6.45) is 2.74. The van der Waals surface area contributed by atoms with E-state index in [-0.39, 0.29) is 0 Å². The first-order valence-corrected chi connectivity index (χ1v) is 9.51. The summed E-state index contributed by atoms with van der Waals surface area (Å²) in [6, 6.07) is 4.13. The molecule has 5 nitrogen and oxygen atoms in total. The van der Waals surface area contributed by atoms with E-state index in [1.54, 1.807) is 0 Å². The molecule has 0 atom stereocenters. The van der Waals surface area contributed by atoms with Gasteiger partial charge in [0.15, 0.2) is 5.82 Å². The van der Waals surface area contributed by atoms with Gasteiger partial charge in [0.25, 0.3) is 0 Å². The largest absolute Gasteiger partial charge is 0.353 e. The smallest absolute Gasteiger partial charge is 0.151 e. The van der Waals surface area contributed by atoms with Crippen LogP contribution in [0, 0.1) is 9.62 Å². The normalized spacial score (nSPS) is 22.2. The lowest BCUT2D eigenvalue weighted by Gasteiger charge is -2.39. The van der Waals surface area contributed by atoms with Crippen LogP contribution in [0.25, 0.3) is 0 Å². The minimum Gasteiger partial charge on any atom is -0.353 e. The molecule has 1 aromatic rings. The fourth-order valence-electron chi connectivity index (χ4n) is 3.49. The molecule has 0 radical (unpaired) electrons. The second-order valence-electron chi connectivity index (χ2n) is 6.38. The van der Waals surface area contributed by atoms with Crippen molar-refractivity contribution in [3.8, 4) is 0 Å². The van der Waals surface area contributed by atoms with E-state index in [9.17, 15) is 0 Å². The Kier molecular flexibility index (Phi) is 5.87. The Morgan fingerprint density at radius 3 is 2.32 bits per heavy atom. The first kappa shape index (κ1) is 16.4. The minimum atomic E-state index is 0.896. The fraction of sp³-hybridized carbons (Fsp3) is 0.750. The summed E-state index contributed by atoms with van der Waals surface area (Å²) in [5.41, 5.74) is 0. The number of rotatable bonds is 4. The maximum absolute atomic E-state index is 4.30. The lowest BCUT2D eigenvalue weighted by Crippen LogP contribution is -2.49. The maximum atomic E-state index is 4.30. The first-order valence-electron chi connectivity index (χ1n) is 8.43. The van der Waals surface area contributed by atoms with Crippen LogP contribution in [0.3, 0.4) is 0 Å². The second kappa shape index (κ2) is 7.88. The van der Waals surface area contributed by atoms with Gasteiger partial charge in [0.05, 0.1) is 0 Å². The van der Waals surface area contributed by atoms with Crippen LogP contribution < -0.4 is 4.90 Å². The monoisotopic (exact) mass is 415 g/mol. The van der Waals surface area contributed by atoms with E-state index < -0.39 is 0 Å². The summed E-state index contributed by atoms with van der Waals surface area (Å²) in [5.74, 6) is 1.92. The van der Waals surface area contributed by atoms with Crippen LogP contribution >= 0.6 is 22.6 Å². The van der Waals surface area contributed by atoms with Gasteiger partial charge in [-0.05, 0) is 73.1 Å². The Hall–Kier alpha value is -0.470. The molecule has 2 aliphatic heterocycles. The summed E-state index contributed by atoms with van der Waals surface area (Å²) < 4.78 is 0.957. The Labute approximate surface area is 147 Å². The predicted octanol–water partition coefficient (Wildman–Crippen LogP) is 1.94. The molecule has 3 rings (SSSR count). The van der Waals surface area contributed by atoms with Crippen LogP contribution in [0.15, 0.2) is 12.1 Å². The van der Waals surface area contributed by atoms with Gasteiger partial charge in [0, 0.05) is 32.7 Å². The van der Waals surface area contributed by atoms with Gasteiger partial charge in [-0.3, -0.25) is 4.90 Å². The van der Waals surface area contributed by atoms with Gasteiger partial charge in [-0.1, -0.05) is 6.92 Å². The highest BCUT2D eigenvalue weighted by atomic mass is 127. The number of nitrogens with zero attached hydrogens (tertiary/aromatic N) is 5. The third kappa shape index (κ3) is 4.29. The zero-order chi connectivity index (χ0) is 15.4. The Morgan fingerprint density at radius 2 is 1.73 bits per heavy atom. The van der Waals surface area contributed by atoms with Crippen molar-refractivity contribution in [2.24, 2.45) is 5.92 Å². The zero-order valence-electron chi connectivity index (χ0n) is 13.4. The van der Waals surface area contributed by atoms with Crippen molar-refractivity contribution in [1.82, 2.24) is 20.0 Å². The van der Waals surface area contributed by atoms with Gasteiger partial charge in [-0.15, -0.1) is 10.2 Å². The molecular weight excluding hydrogens is 389 g/mol. The third-order valence-corrected chi connectivity index (χ3v) is 5.56. The Morgan fingerprint density at radius 1 is 1.00 bits per heavy atom. The van der Waals surface area contributed by atoms with Crippen molar-refractivity contribution in [3.05, 3.63) is 15.8 Å². The molecule has 0 unspecified atom stereocenters. The molecule has 2 aliphatic rings. The van der Waals surface area contributed by atoms with E-state index in [4.69, 9.17) is 0 Å². The van der Waals surface area contributed by atoms with E-state index in [0.29, 0.717) is 0 Å². The van der Waals surface area contributed by atoms with Crippen LogP contribution in [0.5, 0.6) is 0 Å². The van der Waals surface area contributed by atoms with Crippen molar-refractivity contribution in [3.63, 3.8) is 0 Å². The van der Waals surface area contributed by atoms with Gasteiger partial charge < -0.3 is 9.80 Å². The van der Waals surface area contributed by atoms with E-state index in [1.165, 1.54) is 39.0 Å². The quantitative estimate of drug-likeness (QED) is 0.703. The van der Waals surface area contributed by atoms with Crippen LogP contribution in [0.4, 0.5) is 5.82 Å². The molecule has 0 N–H and O–H groups in total. The molecule has 0 saturated carbocycles. The van der Waals surface area contributed by atoms with E-state index in [1.807, 2.05) is 6.07 Å². The minimum absolute atomic E-state index is 0.896. The van der Waals surface area contributed by atoms with Gasteiger partial charge in [-0.2, -0.15) is 0 Å². The third-order valence-electron chi connectivity index (χ3n) is 4.98. The molecule has 0 aromatic carbocycles. The lowest BCUT2D eigenvalue weighted by atomic mass is 9.96. The van der Waals surface area contributed by atoms with Gasteiger partial charge in [-0.25, -0.2) is 0 Å². The van der Waals surface area contributed by atoms with Crippen LogP contribution in [0.2, 0.25) is 0 Å². The molecule has 3 heterocycles.